The van der Waals surface area contributed by atoms with Crippen LogP contribution in [0.15, 0.2) is 0 Å². The summed E-state index contributed by atoms with van der Waals surface area (Å²) in [6.07, 6.45) is 5.73. The minimum atomic E-state index is -1.05. The number of alkyl halides is 2. The van der Waals surface area contributed by atoms with E-state index in [4.69, 9.17) is 4.74 Å². The molecule has 3 heterocycles. The Morgan fingerprint density at radius 3 is 2.35 bits per heavy atom. The third kappa shape index (κ3) is 1.61. The summed E-state index contributed by atoms with van der Waals surface area (Å²) in [5.74, 6) is 0.0204. The second-order valence-corrected chi connectivity index (χ2v) is 12.4. The summed E-state index contributed by atoms with van der Waals surface area (Å²) in [5, 5.41) is 0. The molecule has 1 atom stereocenters. The molecule has 3 aliphatic heterocycles. The van der Waals surface area contributed by atoms with E-state index in [1.807, 2.05) is 0 Å². The third-order valence-corrected chi connectivity index (χ3v) is 12.4. The number of fused-ring (bicyclic) bond motifs is 1. The number of ether oxygens (including phenoxy) is 1. The van der Waals surface area contributed by atoms with E-state index in [0.717, 1.165) is 12.8 Å². The van der Waals surface area contributed by atoms with Crippen LogP contribution in [0.2, 0.25) is 0 Å². The fourth-order valence-electron chi connectivity index (χ4n) is 2.58. The normalized spacial score (nSPS) is 41.8. The van der Waals surface area contributed by atoms with E-state index < -0.39 is 20.4 Å². The van der Waals surface area contributed by atoms with Crippen molar-refractivity contribution in [3.05, 3.63) is 0 Å². The molecular weight excluding hydrogens is 448 g/mol. The minimum absolute atomic E-state index is 0.0204. The SMILES string of the molecule is CC1(OC(=O)C2(C34NI3N4)N[I-]2)CCCCC1. The van der Waals surface area contributed by atoms with Crippen LogP contribution in [0.3, 0.4) is 0 Å². The second-order valence-electron chi connectivity index (χ2n) is 5.38. The van der Waals surface area contributed by atoms with Gasteiger partial charge in [0.2, 0.25) is 0 Å². The summed E-state index contributed by atoms with van der Waals surface area (Å²) in [6, 6.07) is 0. The quantitative estimate of drug-likeness (QED) is 0.110. The molecule has 3 saturated heterocycles. The zero-order valence-corrected chi connectivity index (χ0v) is 13.9. The van der Waals surface area contributed by atoms with E-state index in [9.17, 15) is 4.79 Å². The number of nitrogens with one attached hydrogen (secondary N) is 3. The molecule has 0 radical (unpaired) electrons. The van der Waals surface area contributed by atoms with Crippen LogP contribution in [0.1, 0.15) is 39.0 Å². The van der Waals surface area contributed by atoms with Crippen molar-refractivity contribution in [3.8, 4) is 0 Å². The van der Waals surface area contributed by atoms with Crippen molar-refractivity contribution in [2.24, 2.45) is 0 Å². The van der Waals surface area contributed by atoms with Crippen LogP contribution >= 0.6 is 20.4 Å². The van der Waals surface area contributed by atoms with Crippen LogP contribution in [-0.4, -0.2) is 18.8 Å². The van der Waals surface area contributed by atoms with Gasteiger partial charge in [-0.3, -0.25) is 0 Å². The van der Waals surface area contributed by atoms with Gasteiger partial charge < -0.3 is 0 Å². The molecule has 1 saturated carbocycles. The van der Waals surface area contributed by atoms with Crippen molar-refractivity contribution >= 4 is 26.3 Å². The van der Waals surface area contributed by atoms with Crippen LogP contribution in [0.4, 0.5) is 0 Å². The predicted molar refractivity (Wildman–Crippen MR) is 66.5 cm³/mol. The van der Waals surface area contributed by atoms with Crippen LogP contribution in [0.5, 0.6) is 0 Å². The fraction of sp³-hybridized carbons (Fsp3) is 0.900. The predicted octanol–water partition coefficient (Wildman–Crippen LogP) is -2.25. The van der Waals surface area contributed by atoms with Gasteiger partial charge in [-0.1, -0.05) is 0 Å². The maximum atomic E-state index is 12.4. The van der Waals surface area contributed by atoms with Gasteiger partial charge in [0.25, 0.3) is 0 Å². The average molecular weight is 464 g/mol. The van der Waals surface area contributed by atoms with E-state index >= 15 is 0 Å². The van der Waals surface area contributed by atoms with Gasteiger partial charge in [-0.2, -0.15) is 0 Å². The number of carbonyl (C=O) groups excluding carboxylic acids is 1. The van der Waals surface area contributed by atoms with Crippen LogP contribution in [0.25, 0.3) is 0 Å². The Morgan fingerprint density at radius 1 is 1.29 bits per heavy atom. The number of hydrogen-bond acceptors (Lipinski definition) is 5. The first-order valence-electron chi connectivity index (χ1n) is 6.01. The van der Waals surface area contributed by atoms with Gasteiger partial charge in [0.15, 0.2) is 0 Å². The Bertz CT molecular complexity index is 387. The molecule has 1 unspecified atom stereocenters. The van der Waals surface area contributed by atoms with E-state index in [0.29, 0.717) is 0 Å². The molecule has 98 valence electrons. The summed E-state index contributed by atoms with van der Waals surface area (Å²) < 4.78 is 15.9. The average Bonchev–Trinajstić information content (AvgIpc) is 3.08. The number of halogens is 2. The Hall–Kier alpha value is 0.810. The summed E-state index contributed by atoms with van der Waals surface area (Å²) in [4.78, 5) is 12.4. The van der Waals surface area contributed by atoms with Crippen molar-refractivity contribution in [3.63, 3.8) is 0 Å². The summed E-state index contributed by atoms with van der Waals surface area (Å²) in [5.41, 5.74) is -0.199. The Kier molecular flexibility index (Phi) is 2.37. The molecule has 3 N–H and O–H groups in total. The van der Waals surface area contributed by atoms with Gasteiger partial charge in [0.1, 0.15) is 0 Å². The summed E-state index contributed by atoms with van der Waals surface area (Å²) >= 11 is -1.25. The van der Waals surface area contributed by atoms with Crippen LogP contribution in [-0.2, 0) is 9.53 Å². The number of carbonyl (C=O) groups is 1. The molecule has 0 amide bonds. The van der Waals surface area contributed by atoms with Crippen molar-refractivity contribution in [2.45, 2.75) is 51.8 Å². The zero-order chi connectivity index (χ0) is 11.7. The van der Waals surface area contributed by atoms with Crippen molar-refractivity contribution < 1.29 is 31.0 Å². The first-order chi connectivity index (χ1) is 8.10. The number of esters is 1. The molecule has 7 heteroatoms. The van der Waals surface area contributed by atoms with Gasteiger partial charge in [-0.15, -0.1) is 0 Å². The van der Waals surface area contributed by atoms with E-state index in [2.05, 4.69) is 17.5 Å². The van der Waals surface area contributed by atoms with Gasteiger partial charge in [-0.25, -0.2) is 0 Å². The van der Waals surface area contributed by atoms with Crippen molar-refractivity contribution in [2.75, 3.05) is 0 Å². The molecule has 0 aromatic rings. The summed E-state index contributed by atoms with van der Waals surface area (Å²) in [6.45, 7) is 2.10. The molecule has 17 heavy (non-hydrogen) atoms. The molecule has 0 bridgehead atoms. The zero-order valence-electron chi connectivity index (χ0n) is 9.61. The van der Waals surface area contributed by atoms with Crippen molar-refractivity contribution in [1.29, 1.82) is 0 Å². The van der Waals surface area contributed by atoms with Crippen LogP contribution in [0, 0.1) is 0 Å². The van der Waals surface area contributed by atoms with Crippen LogP contribution < -0.4 is 32.1 Å². The topological polar surface area (TPSA) is 92.1 Å². The monoisotopic (exact) mass is 464 g/mol. The molecule has 1 aliphatic carbocycles. The molecule has 0 spiro atoms. The maximum absolute atomic E-state index is 12.4. The molecule has 0 aromatic heterocycles. The Balaban J connectivity index is 1.47. The molecule has 4 rings (SSSR count). The molecule has 0 aromatic carbocycles. The number of hydrogen-bond donors (Lipinski definition) is 3. The first-order valence-corrected chi connectivity index (χ1v) is 11.4. The molecule has 4 aliphatic rings. The van der Waals surface area contributed by atoms with E-state index in [1.165, 1.54) is 19.3 Å². The van der Waals surface area contributed by atoms with E-state index in [-0.39, 0.29) is 40.3 Å². The summed E-state index contributed by atoms with van der Waals surface area (Å²) in [7, 11) is 0. The molecule has 4 fully saturated rings. The van der Waals surface area contributed by atoms with Crippen molar-refractivity contribution in [1.82, 2.24) is 10.6 Å². The fourth-order valence-corrected chi connectivity index (χ4v) is 12.6. The molecular formula is C10H16I2N3O2-. The Morgan fingerprint density at radius 2 is 1.88 bits per heavy atom. The Labute approximate surface area is 119 Å². The van der Waals surface area contributed by atoms with E-state index in [1.54, 1.807) is 0 Å². The first kappa shape index (κ1) is 11.6. The second kappa shape index (κ2) is 3.47. The van der Waals surface area contributed by atoms with Gasteiger partial charge in [-0.05, 0) is 0 Å². The number of rotatable bonds is 3. The standard InChI is InChI=1S/C10H16I2N3O2/c1-8(5-3-2-4-6-8)17-7(16)9(11-13-9)10-12(14-10)15-10/h13-15H,2-6H2,1H3/q-1. The van der Waals surface area contributed by atoms with Gasteiger partial charge in [0.05, 0.1) is 0 Å². The van der Waals surface area contributed by atoms with Gasteiger partial charge in [0, 0.05) is 0 Å². The van der Waals surface area contributed by atoms with Gasteiger partial charge >= 0.3 is 120 Å². The molecule has 5 nitrogen and oxygen atoms in total. The third-order valence-electron chi connectivity index (χ3n) is 3.95.